The highest BCUT2D eigenvalue weighted by atomic mass is 16.6. The van der Waals surface area contributed by atoms with E-state index in [9.17, 15) is 9.59 Å². The Morgan fingerprint density at radius 2 is 1.36 bits per heavy atom. The Labute approximate surface area is 171 Å². The maximum Gasteiger partial charge on any atom is 0.306 e. The lowest BCUT2D eigenvalue weighted by Gasteiger charge is -2.34. The zero-order valence-electron chi connectivity index (χ0n) is 19.0. The Kier molecular flexibility index (Phi) is 11.9. The summed E-state index contributed by atoms with van der Waals surface area (Å²) >= 11 is 0. The van der Waals surface area contributed by atoms with E-state index < -0.39 is 5.60 Å². The van der Waals surface area contributed by atoms with Gasteiger partial charge in [0.2, 0.25) is 5.91 Å². The van der Waals surface area contributed by atoms with Gasteiger partial charge in [0.25, 0.3) is 0 Å². The van der Waals surface area contributed by atoms with Crippen molar-refractivity contribution < 1.29 is 23.8 Å². The van der Waals surface area contributed by atoms with Gasteiger partial charge in [-0.1, -0.05) is 27.7 Å². The van der Waals surface area contributed by atoms with E-state index in [0.29, 0.717) is 52.4 Å². The molecule has 0 bridgehead atoms. The normalized spacial score (nSPS) is 12.7. The minimum Gasteiger partial charge on any atom is -0.460 e. The van der Waals surface area contributed by atoms with E-state index in [-0.39, 0.29) is 22.7 Å². The fraction of sp³-hybridized carbons (Fsp3) is 0.905. The zero-order chi connectivity index (χ0) is 21.8. The van der Waals surface area contributed by atoms with E-state index in [2.05, 4.69) is 19.2 Å². The van der Waals surface area contributed by atoms with E-state index >= 15 is 0 Å². The molecule has 0 aliphatic heterocycles. The minimum absolute atomic E-state index is 0.0129. The number of hydrogen-bond donors (Lipinski definition) is 2. The molecule has 0 rings (SSSR count). The Morgan fingerprint density at radius 1 is 0.821 bits per heavy atom. The van der Waals surface area contributed by atoms with Crippen LogP contribution >= 0.6 is 0 Å². The van der Waals surface area contributed by atoms with Gasteiger partial charge in [0.05, 0.1) is 32.8 Å². The van der Waals surface area contributed by atoms with Crippen LogP contribution in [0.2, 0.25) is 0 Å². The van der Waals surface area contributed by atoms with Crippen molar-refractivity contribution in [2.75, 3.05) is 39.5 Å². The molecule has 7 heteroatoms. The van der Waals surface area contributed by atoms with Crippen molar-refractivity contribution in [2.24, 2.45) is 16.6 Å². The Hall–Kier alpha value is -1.18. The molecule has 1 amide bonds. The largest absolute Gasteiger partial charge is 0.460 e. The fourth-order valence-corrected chi connectivity index (χ4v) is 3.35. The monoisotopic (exact) mass is 402 g/mol. The molecule has 0 atom stereocenters. The summed E-state index contributed by atoms with van der Waals surface area (Å²) in [4.78, 5) is 24.4. The summed E-state index contributed by atoms with van der Waals surface area (Å²) < 4.78 is 16.0. The lowest BCUT2D eigenvalue weighted by atomic mass is 9.71. The van der Waals surface area contributed by atoms with Crippen LogP contribution in [0.5, 0.6) is 0 Å². The Balaban J connectivity index is 4.18. The third-order valence-corrected chi connectivity index (χ3v) is 3.84. The number of esters is 1. The van der Waals surface area contributed by atoms with Crippen molar-refractivity contribution in [2.45, 2.75) is 73.3 Å². The number of hydrogen-bond acceptors (Lipinski definition) is 6. The summed E-state index contributed by atoms with van der Waals surface area (Å²) in [6, 6.07) is 0. The van der Waals surface area contributed by atoms with Gasteiger partial charge in [-0.3, -0.25) is 9.59 Å². The molecule has 0 aliphatic rings. The number of nitrogens with one attached hydrogen (secondary N) is 1. The van der Waals surface area contributed by atoms with Crippen molar-refractivity contribution in [3.63, 3.8) is 0 Å². The first-order valence-electron chi connectivity index (χ1n) is 10.1. The summed E-state index contributed by atoms with van der Waals surface area (Å²) in [5.74, 6) is -0.216. The number of rotatable bonds is 14. The summed E-state index contributed by atoms with van der Waals surface area (Å²) in [5.41, 5.74) is 4.36. The van der Waals surface area contributed by atoms with Gasteiger partial charge in [0.1, 0.15) is 5.60 Å². The van der Waals surface area contributed by atoms with E-state index in [1.54, 1.807) is 0 Å². The molecule has 7 nitrogen and oxygen atoms in total. The van der Waals surface area contributed by atoms with Crippen LogP contribution in [0.3, 0.4) is 0 Å². The number of nitrogens with two attached hydrogens (primary N) is 1. The molecule has 0 aromatic carbocycles. The van der Waals surface area contributed by atoms with Crippen molar-refractivity contribution in [3.8, 4) is 0 Å². The van der Waals surface area contributed by atoms with Gasteiger partial charge >= 0.3 is 5.97 Å². The highest BCUT2D eigenvalue weighted by molar-refractivity contribution is 5.76. The molecule has 3 N–H and O–H groups in total. The molecule has 0 heterocycles. The van der Waals surface area contributed by atoms with Crippen molar-refractivity contribution in [3.05, 3.63) is 0 Å². The molecule has 28 heavy (non-hydrogen) atoms. The van der Waals surface area contributed by atoms with Gasteiger partial charge < -0.3 is 25.3 Å². The van der Waals surface area contributed by atoms with Crippen LogP contribution < -0.4 is 11.1 Å². The van der Waals surface area contributed by atoms with Gasteiger partial charge in [-0.2, -0.15) is 0 Å². The van der Waals surface area contributed by atoms with Crippen molar-refractivity contribution in [1.82, 2.24) is 5.32 Å². The second kappa shape index (κ2) is 12.4. The minimum atomic E-state index is -0.485. The predicted octanol–water partition coefficient (Wildman–Crippen LogP) is 2.66. The average molecular weight is 403 g/mol. The summed E-state index contributed by atoms with van der Waals surface area (Å²) in [6.07, 6.45) is 1.46. The summed E-state index contributed by atoms with van der Waals surface area (Å²) in [6.45, 7) is 16.7. The van der Waals surface area contributed by atoms with E-state index in [1.165, 1.54) is 0 Å². The molecule has 0 saturated heterocycles. The lowest BCUT2D eigenvalue weighted by molar-refractivity contribution is -0.157. The van der Waals surface area contributed by atoms with Crippen LogP contribution in [0.1, 0.15) is 67.7 Å². The predicted molar refractivity (Wildman–Crippen MR) is 111 cm³/mol. The molecule has 166 valence electrons. The van der Waals surface area contributed by atoms with Gasteiger partial charge in [0.15, 0.2) is 0 Å². The maximum absolute atomic E-state index is 12.2. The highest BCUT2D eigenvalue weighted by Gasteiger charge is 2.33. The molecule has 0 fully saturated rings. The van der Waals surface area contributed by atoms with E-state index in [0.717, 1.165) is 6.42 Å². The van der Waals surface area contributed by atoms with Crippen LogP contribution in [-0.2, 0) is 23.8 Å². The molecule has 0 aromatic rings. The molecular weight excluding hydrogens is 360 g/mol. The lowest BCUT2D eigenvalue weighted by Crippen LogP contribution is -2.34. The van der Waals surface area contributed by atoms with Gasteiger partial charge in [-0.15, -0.1) is 0 Å². The molecule has 0 unspecified atom stereocenters. The maximum atomic E-state index is 12.2. The van der Waals surface area contributed by atoms with Crippen LogP contribution in [0.25, 0.3) is 0 Å². The van der Waals surface area contributed by atoms with Crippen molar-refractivity contribution >= 4 is 11.9 Å². The molecule has 0 aromatic heterocycles. The first kappa shape index (κ1) is 26.8. The highest BCUT2D eigenvalue weighted by Crippen LogP contribution is 2.38. The Bertz CT molecular complexity index is 470. The van der Waals surface area contributed by atoms with Crippen LogP contribution in [0.4, 0.5) is 0 Å². The van der Waals surface area contributed by atoms with Gasteiger partial charge in [0, 0.05) is 19.5 Å². The first-order chi connectivity index (χ1) is 12.8. The average Bonchev–Trinajstić information content (AvgIpc) is 2.45. The van der Waals surface area contributed by atoms with Crippen LogP contribution in [-0.4, -0.2) is 57.0 Å². The molecular formula is C21H42N2O5. The molecule has 0 saturated carbocycles. The number of amides is 1. The molecule has 0 radical (unpaired) electrons. The van der Waals surface area contributed by atoms with Crippen molar-refractivity contribution in [1.29, 1.82) is 0 Å². The number of ether oxygens (including phenoxy) is 3. The third kappa shape index (κ3) is 15.8. The van der Waals surface area contributed by atoms with Crippen LogP contribution in [0.15, 0.2) is 0 Å². The fourth-order valence-electron chi connectivity index (χ4n) is 3.35. The molecule has 0 aliphatic carbocycles. The summed E-state index contributed by atoms with van der Waals surface area (Å²) in [7, 11) is 0. The topological polar surface area (TPSA) is 99.9 Å². The standard InChI is InChI=1S/C21H42N2O5/c1-19(2,3)28-18(25)15-21(6,7)16-20(4,5)14-17(24)23-9-11-27-13-12-26-10-8-22/h8-16,22H2,1-7H3,(H,23,24). The van der Waals surface area contributed by atoms with Gasteiger partial charge in [-0.05, 0) is 38.0 Å². The SMILES string of the molecule is CC(C)(CC(=O)NCCOCCOCCN)CC(C)(C)CC(=O)OC(C)(C)C. The second-order valence-corrected chi connectivity index (χ2v) is 9.81. The Morgan fingerprint density at radius 3 is 1.89 bits per heavy atom. The number of carbonyl (C=O) groups excluding carboxylic acids is 2. The zero-order valence-corrected chi connectivity index (χ0v) is 19.0. The third-order valence-electron chi connectivity index (χ3n) is 3.84. The quantitative estimate of drug-likeness (QED) is 0.342. The molecule has 0 spiro atoms. The first-order valence-corrected chi connectivity index (χ1v) is 10.1. The summed E-state index contributed by atoms with van der Waals surface area (Å²) in [5, 5.41) is 2.88. The van der Waals surface area contributed by atoms with E-state index in [4.69, 9.17) is 19.9 Å². The number of carbonyl (C=O) groups is 2. The second-order valence-electron chi connectivity index (χ2n) is 9.81. The van der Waals surface area contributed by atoms with Gasteiger partial charge in [-0.25, -0.2) is 0 Å². The van der Waals surface area contributed by atoms with E-state index in [1.807, 2.05) is 34.6 Å². The smallest absolute Gasteiger partial charge is 0.306 e. The van der Waals surface area contributed by atoms with Crippen LogP contribution in [0, 0.1) is 10.8 Å².